The minimum absolute atomic E-state index is 0.101. The van der Waals surface area contributed by atoms with Crippen molar-refractivity contribution in [3.05, 3.63) is 16.1 Å². The maximum atomic E-state index is 12.5. The van der Waals surface area contributed by atoms with Crippen molar-refractivity contribution >= 4 is 23.2 Å². The van der Waals surface area contributed by atoms with Crippen LogP contribution in [0.2, 0.25) is 0 Å². The van der Waals surface area contributed by atoms with Gasteiger partial charge in [-0.25, -0.2) is 4.98 Å². The molecule has 1 aromatic rings. The van der Waals surface area contributed by atoms with Gasteiger partial charge in [0.05, 0.1) is 5.01 Å². The zero-order chi connectivity index (χ0) is 14.5. The van der Waals surface area contributed by atoms with Gasteiger partial charge in [-0.15, -0.1) is 11.3 Å². The van der Waals surface area contributed by atoms with E-state index in [1.807, 2.05) is 0 Å². The highest BCUT2D eigenvalue weighted by Crippen LogP contribution is 2.21. The molecule has 0 aliphatic carbocycles. The van der Waals surface area contributed by atoms with Gasteiger partial charge in [0.2, 0.25) is 5.91 Å². The first kappa shape index (κ1) is 14.9. The fraction of sp³-hybridized carbons (Fsp3) is 0.615. The lowest BCUT2D eigenvalue weighted by atomic mass is 10.0. The number of carbonyl (C=O) groups excluding carboxylic acids is 2. The van der Waals surface area contributed by atoms with Crippen LogP contribution in [-0.2, 0) is 11.2 Å². The average molecular weight is 296 g/mol. The fourth-order valence-corrected chi connectivity index (χ4v) is 3.20. The van der Waals surface area contributed by atoms with E-state index < -0.39 is 0 Å². The lowest BCUT2D eigenvalue weighted by Crippen LogP contribution is -2.51. The second kappa shape index (κ2) is 6.81. The molecule has 2 amide bonds. The molecular weight excluding hydrogens is 276 g/mol. The summed E-state index contributed by atoms with van der Waals surface area (Å²) in [6.45, 7) is 1.13. The molecule has 2 heterocycles. The third kappa shape index (κ3) is 3.16. The number of thiazole rings is 1. The molecule has 1 atom stereocenters. The number of nitrogens with two attached hydrogens (primary N) is 1. The molecule has 0 saturated carbocycles. The lowest BCUT2D eigenvalue weighted by Gasteiger charge is -2.33. The van der Waals surface area contributed by atoms with Crippen molar-refractivity contribution in [1.29, 1.82) is 0 Å². The van der Waals surface area contributed by atoms with E-state index in [-0.39, 0.29) is 17.9 Å². The second-order valence-electron chi connectivity index (χ2n) is 4.79. The monoisotopic (exact) mass is 296 g/mol. The minimum atomic E-state index is -0.374. The van der Waals surface area contributed by atoms with Gasteiger partial charge in [0.1, 0.15) is 11.7 Å². The highest BCUT2D eigenvalue weighted by atomic mass is 32.1. The summed E-state index contributed by atoms with van der Waals surface area (Å²) in [6, 6.07) is -0.374. The molecule has 1 fully saturated rings. The molecule has 1 saturated heterocycles. The van der Waals surface area contributed by atoms with E-state index in [0.29, 0.717) is 31.6 Å². The topological polar surface area (TPSA) is 88.3 Å². The second-order valence-corrected chi connectivity index (χ2v) is 5.73. The van der Waals surface area contributed by atoms with E-state index in [4.69, 9.17) is 5.73 Å². The van der Waals surface area contributed by atoms with Crippen LogP contribution in [0.4, 0.5) is 0 Å². The van der Waals surface area contributed by atoms with E-state index in [9.17, 15) is 9.59 Å². The number of piperidine rings is 1. The number of amides is 2. The third-order valence-electron chi connectivity index (χ3n) is 3.44. The maximum Gasteiger partial charge on any atom is 0.274 e. The number of rotatable bonds is 4. The van der Waals surface area contributed by atoms with Crippen LogP contribution in [0.5, 0.6) is 0 Å². The molecule has 1 aliphatic heterocycles. The van der Waals surface area contributed by atoms with Gasteiger partial charge in [0.25, 0.3) is 5.91 Å². The molecule has 0 spiro atoms. The Morgan fingerprint density at radius 2 is 2.35 bits per heavy atom. The van der Waals surface area contributed by atoms with Gasteiger partial charge >= 0.3 is 0 Å². The largest absolute Gasteiger partial charge is 0.357 e. The molecule has 20 heavy (non-hydrogen) atoms. The van der Waals surface area contributed by atoms with Gasteiger partial charge in [0, 0.05) is 25.4 Å². The molecule has 7 heteroatoms. The molecule has 1 aliphatic rings. The normalized spacial score (nSPS) is 18.9. The van der Waals surface area contributed by atoms with Gasteiger partial charge < -0.3 is 16.0 Å². The van der Waals surface area contributed by atoms with Crippen LogP contribution in [0.15, 0.2) is 5.38 Å². The van der Waals surface area contributed by atoms with E-state index in [2.05, 4.69) is 10.3 Å². The zero-order valence-corrected chi connectivity index (χ0v) is 12.4. The van der Waals surface area contributed by atoms with Crippen molar-refractivity contribution in [2.24, 2.45) is 5.73 Å². The maximum absolute atomic E-state index is 12.5. The summed E-state index contributed by atoms with van der Waals surface area (Å²) in [4.78, 5) is 30.3. The van der Waals surface area contributed by atoms with E-state index in [0.717, 1.165) is 17.8 Å². The summed E-state index contributed by atoms with van der Waals surface area (Å²) >= 11 is 1.44. The summed E-state index contributed by atoms with van der Waals surface area (Å²) in [7, 11) is 1.60. The smallest absolute Gasteiger partial charge is 0.274 e. The van der Waals surface area contributed by atoms with Crippen LogP contribution >= 0.6 is 11.3 Å². The van der Waals surface area contributed by atoms with Crippen molar-refractivity contribution in [1.82, 2.24) is 15.2 Å². The van der Waals surface area contributed by atoms with Crippen LogP contribution in [0, 0.1) is 0 Å². The first-order valence-electron chi connectivity index (χ1n) is 6.84. The number of likely N-dealkylation sites (N-methyl/N-ethyl adjacent to an activating group) is 1. The first-order valence-corrected chi connectivity index (χ1v) is 7.72. The molecule has 2 rings (SSSR count). The molecule has 110 valence electrons. The highest BCUT2D eigenvalue weighted by Gasteiger charge is 2.32. The van der Waals surface area contributed by atoms with E-state index in [1.165, 1.54) is 11.3 Å². The number of nitrogens with zero attached hydrogens (tertiary/aromatic N) is 2. The Labute approximate surface area is 122 Å². The Morgan fingerprint density at radius 1 is 1.55 bits per heavy atom. The highest BCUT2D eigenvalue weighted by molar-refractivity contribution is 7.09. The molecule has 1 unspecified atom stereocenters. The predicted molar refractivity (Wildman–Crippen MR) is 77.6 cm³/mol. The van der Waals surface area contributed by atoms with Gasteiger partial charge in [0.15, 0.2) is 0 Å². The van der Waals surface area contributed by atoms with Crippen molar-refractivity contribution in [3.63, 3.8) is 0 Å². The summed E-state index contributed by atoms with van der Waals surface area (Å²) < 4.78 is 0. The summed E-state index contributed by atoms with van der Waals surface area (Å²) in [6.07, 6.45) is 3.29. The van der Waals surface area contributed by atoms with E-state index in [1.54, 1.807) is 17.3 Å². The lowest BCUT2D eigenvalue weighted by molar-refractivity contribution is -0.126. The zero-order valence-electron chi connectivity index (χ0n) is 11.6. The molecule has 0 aromatic carbocycles. The Hall–Kier alpha value is -1.47. The number of likely N-dealkylation sites (tertiary alicyclic amines) is 1. The number of hydrogen-bond donors (Lipinski definition) is 2. The molecule has 0 bridgehead atoms. The standard InChI is InChI=1S/C13H20N4O2S/c1-15-12(18)10-4-2-3-7-17(10)13(19)9-8-20-11(16-9)5-6-14/h8,10H,2-7,14H2,1H3,(H,15,18). The average Bonchev–Trinajstić information content (AvgIpc) is 2.94. The molecule has 6 nitrogen and oxygen atoms in total. The van der Waals surface area contributed by atoms with E-state index >= 15 is 0 Å². The quantitative estimate of drug-likeness (QED) is 0.841. The van der Waals surface area contributed by atoms with Gasteiger partial charge in [-0.3, -0.25) is 9.59 Å². The number of hydrogen-bond acceptors (Lipinski definition) is 5. The summed E-state index contributed by atoms with van der Waals surface area (Å²) in [5.74, 6) is -0.256. The summed E-state index contributed by atoms with van der Waals surface area (Å²) in [5.41, 5.74) is 5.91. The van der Waals surface area contributed by atoms with Crippen LogP contribution in [0.3, 0.4) is 0 Å². The van der Waals surface area contributed by atoms with Crippen molar-refractivity contribution < 1.29 is 9.59 Å². The SMILES string of the molecule is CNC(=O)C1CCCCN1C(=O)c1csc(CCN)n1. The van der Waals surface area contributed by atoms with Crippen molar-refractivity contribution in [3.8, 4) is 0 Å². The number of nitrogens with one attached hydrogen (secondary N) is 1. The minimum Gasteiger partial charge on any atom is -0.357 e. The van der Waals surface area contributed by atoms with Crippen LogP contribution in [0.1, 0.15) is 34.8 Å². The molecule has 3 N–H and O–H groups in total. The molecule has 1 aromatic heterocycles. The van der Waals surface area contributed by atoms with Crippen molar-refractivity contribution in [2.75, 3.05) is 20.1 Å². The van der Waals surface area contributed by atoms with Crippen LogP contribution < -0.4 is 11.1 Å². The predicted octanol–water partition coefficient (Wildman–Crippen LogP) is 0.385. The van der Waals surface area contributed by atoms with Gasteiger partial charge in [-0.05, 0) is 25.8 Å². The Morgan fingerprint density at radius 3 is 3.05 bits per heavy atom. The Bertz CT molecular complexity index is 488. The molecular formula is C13H20N4O2S. The Kier molecular flexibility index (Phi) is 5.08. The number of aromatic nitrogens is 1. The third-order valence-corrected chi connectivity index (χ3v) is 4.35. The van der Waals surface area contributed by atoms with Crippen LogP contribution in [-0.4, -0.2) is 47.9 Å². The fourth-order valence-electron chi connectivity index (χ4n) is 2.41. The Balaban J connectivity index is 2.14. The van der Waals surface area contributed by atoms with Crippen molar-refractivity contribution in [2.45, 2.75) is 31.7 Å². The first-order chi connectivity index (χ1) is 9.67. The molecule has 0 radical (unpaired) electrons. The van der Waals surface area contributed by atoms with Gasteiger partial charge in [-0.1, -0.05) is 0 Å². The summed E-state index contributed by atoms with van der Waals surface area (Å²) in [5, 5.41) is 5.25. The van der Waals surface area contributed by atoms with Crippen LogP contribution in [0.25, 0.3) is 0 Å². The number of carbonyl (C=O) groups is 2. The van der Waals surface area contributed by atoms with Gasteiger partial charge in [-0.2, -0.15) is 0 Å².